The lowest BCUT2D eigenvalue weighted by Crippen LogP contribution is -2.63. The van der Waals surface area contributed by atoms with E-state index in [1.165, 1.54) is 0 Å². The molecular weight excluding hydrogens is 210 g/mol. The van der Waals surface area contributed by atoms with Gasteiger partial charge in [0.05, 0.1) is 12.2 Å². The van der Waals surface area contributed by atoms with Crippen LogP contribution < -0.4 is 5.73 Å². The number of nitrogens with two attached hydrogens (primary N) is 1. The van der Waals surface area contributed by atoms with Gasteiger partial charge in [0, 0.05) is 12.0 Å². The van der Waals surface area contributed by atoms with Crippen molar-refractivity contribution in [3.8, 4) is 0 Å². The summed E-state index contributed by atoms with van der Waals surface area (Å²) in [6.45, 7) is 4.43. The van der Waals surface area contributed by atoms with Gasteiger partial charge in [-0.1, -0.05) is 0 Å². The van der Waals surface area contributed by atoms with E-state index in [1.807, 2.05) is 25.6 Å². The maximum atomic E-state index is 10.7. The third-order valence-corrected chi connectivity index (χ3v) is 4.72. The molecule has 88 valence electrons. The molecule has 0 aromatic rings. The summed E-state index contributed by atoms with van der Waals surface area (Å²) in [7, 11) is 0. The van der Waals surface area contributed by atoms with Crippen molar-refractivity contribution in [2.75, 3.05) is 18.1 Å². The van der Waals surface area contributed by atoms with Crippen molar-refractivity contribution in [1.82, 2.24) is 0 Å². The summed E-state index contributed by atoms with van der Waals surface area (Å²) in [6, 6.07) is 0. The molecule has 1 atom stereocenters. The van der Waals surface area contributed by atoms with E-state index in [9.17, 15) is 5.11 Å². The lowest BCUT2D eigenvalue weighted by atomic mass is 9.73. The summed E-state index contributed by atoms with van der Waals surface area (Å²) < 4.78 is 5.64. The zero-order chi connectivity index (χ0) is 11.2. The van der Waals surface area contributed by atoms with Crippen LogP contribution in [0.25, 0.3) is 0 Å². The zero-order valence-electron chi connectivity index (χ0n) is 9.58. The highest BCUT2D eigenvalue weighted by atomic mass is 32.2. The molecule has 2 saturated heterocycles. The van der Waals surface area contributed by atoms with Gasteiger partial charge in [-0.05, 0) is 38.2 Å². The van der Waals surface area contributed by atoms with Gasteiger partial charge in [-0.2, -0.15) is 11.8 Å². The van der Waals surface area contributed by atoms with Gasteiger partial charge < -0.3 is 15.6 Å². The maximum absolute atomic E-state index is 10.7. The van der Waals surface area contributed by atoms with Crippen LogP contribution in [0.3, 0.4) is 0 Å². The summed E-state index contributed by atoms with van der Waals surface area (Å²) in [5.41, 5.74) is 4.89. The normalized spacial score (nSPS) is 39.2. The van der Waals surface area contributed by atoms with Gasteiger partial charge in [0.2, 0.25) is 0 Å². The molecular formula is C11H21NO2S. The number of hydrogen-bond acceptors (Lipinski definition) is 4. The van der Waals surface area contributed by atoms with E-state index in [1.54, 1.807) is 0 Å². The quantitative estimate of drug-likeness (QED) is 0.710. The van der Waals surface area contributed by atoms with Crippen LogP contribution in [0, 0.1) is 0 Å². The fourth-order valence-corrected chi connectivity index (χ4v) is 3.86. The Morgan fingerprint density at radius 2 is 1.87 bits per heavy atom. The minimum atomic E-state index is -0.822. The highest BCUT2D eigenvalue weighted by Crippen LogP contribution is 2.43. The highest BCUT2D eigenvalue weighted by Gasteiger charge is 2.55. The summed E-state index contributed by atoms with van der Waals surface area (Å²) in [5, 5.41) is 10.7. The monoisotopic (exact) mass is 231 g/mol. The fraction of sp³-hybridized carbons (Fsp3) is 1.00. The molecule has 0 bridgehead atoms. The number of hydrogen-bond donors (Lipinski definition) is 2. The van der Waals surface area contributed by atoms with Crippen molar-refractivity contribution in [3.05, 3.63) is 0 Å². The molecule has 15 heavy (non-hydrogen) atoms. The molecule has 0 aromatic heterocycles. The van der Waals surface area contributed by atoms with Crippen molar-refractivity contribution in [2.45, 2.75) is 49.9 Å². The standard InChI is InChI=1S/C11H21NO2S/c1-9(2)7-11(13,8-14-9)10(12)3-5-15-6-4-10/h13H,3-8,12H2,1-2H3. The van der Waals surface area contributed by atoms with Crippen molar-refractivity contribution in [3.63, 3.8) is 0 Å². The Morgan fingerprint density at radius 3 is 2.33 bits per heavy atom. The van der Waals surface area contributed by atoms with Crippen molar-refractivity contribution in [2.24, 2.45) is 5.73 Å². The molecule has 2 rings (SSSR count). The summed E-state index contributed by atoms with van der Waals surface area (Å²) in [5.74, 6) is 2.11. The Kier molecular flexibility index (Phi) is 2.83. The Labute approximate surface area is 95.7 Å². The predicted octanol–water partition coefficient (Wildman–Crippen LogP) is 1.14. The van der Waals surface area contributed by atoms with Gasteiger partial charge in [0.25, 0.3) is 0 Å². The van der Waals surface area contributed by atoms with E-state index >= 15 is 0 Å². The third kappa shape index (κ3) is 2.05. The maximum Gasteiger partial charge on any atom is 0.109 e. The number of aliphatic hydroxyl groups is 1. The first-order chi connectivity index (χ1) is 6.87. The van der Waals surface area contributed by atoms with Gasteiger partial charge in [0.1, 0.15) is 5.60 Å². The van der Waals surface area contributed by atoms with Gasteiger partial charge in [0.15, 0.2) is 0 Å². The fourth-order valence-electron chi connectivity index (χ4n) is 2.64. The molecule has 3 N–H and O–H groups in total. The second-order valence-corrected chi connectivity index (χ2v) is 6.75. The van der Waals surface area contributed by atoms with Crippen LogP contribution in [0.15, 0.2) is 0 Å². The molecule has 1 unspecified atom stereocenters. The van der Waals surface area contributed by atoms with Gasteiger partial charge in [-0.25, -0.2) is 0 Å². The molecule has 2 aliphatic heterocycles. The van der Waals surface area contributed by atoms with Crippen LogP contribution in [0.4, 0.5) is 0 Å². The molecule has 0 spiro atoms. The minimum Gasteiger partial charge on any atom is -0.385 e. The minimum absolute atomic E-state index is 0.230. The Bertz CT molecular complexity index is 251. The Morgan fingerprint density at radius 1 is 1.27 bits per heavy atom. The van der Waals surface area contributed by atoms with E-state index in [2.05, 4.69) is 0 Å². The Balaban J connectivity index is 2.15. The van der Waals surface area contributed by atoms with Crippen molar-refractivity contribution < 1.29 is 9.84 Å². The first kappa shape index (κ1) is 11.7. The van der Waals surface area contributed by atoms with Crippen molar-refractivity contribution in [1.29, 1.82) is 0 Å². The molecule has 3 nitrogen and oxygen atoms in total. The molecule has 4 heteroatoms. The van der Waals surface area contributed by atoms with Crippen LogP contribution in [-0.2, 0) is 4.74 Å². The van der Waals surface area contributed by atoms with E-state index in [0.29, 0.717) is 13.0 Å². The lowest BCUT2D eigenvalue weighted by Gasteiger charge is -2.44. The Hall–Kier alpha value is 0.230. The second-order valence-electron chi connectivity index (χ2n) is 5.53. The summed E-state index contributed by atoms with van der Waals surface area (Å²) in [4.78, 5) is 0. The molecule has 0 saturated carbocycles. The smallest absolute Gasteiger partial charge is 0.109 e. The van der Waals surface area contributed by atoms with Gasteiger partial charge in [-0.3, -0.25) is 0 Å². The molecule has 2 aliphatic rings. The predicted molar refractivity (Wildman–Crippen MR) is 63.1 cm³/mol. The van der Waals surface area contributed by atoms with Crippen LogP contribution in [0.1, 0.15) is 33.1 Å². The second kappa shape index (κ2) is 3.62. The van der Waals surface area contributed by atoms with Gasteiger partial charge >= 0.3 is 0 Å². The number of rotatable bonds is 1. The number of thioether (sulfide) groups is 1. The zero-order valence-corrected chi connectivity index (χ0v) is 10.4. The van der Waals surface area contributed by atoms with Gasteiger partial charge in [-0.15, -0.1) is 0 Å². The largest absolute Gasteiger partial charge is 0.385 e. The molecule has 0 amide bonds. The first-order valence-corrected chi connectivity index (χ1v) is 6.75. The van der Waals surface area contributed by atoms with E-state index in [4.69, 9.17) is 10.5 Å². The van der Waals surface area contributed by atoms with E-state index < -0.39 is 11.1 Å². The van der Waals surface area contributed by atoms with Crippen LogP contribution in [0.5, 0.6) is 0 Å². The van der Waals surface area contributed by atoms with E-state index in [-0.39, 0.29) is 5.60 Å². The average molecular weight is 231 g/mol. The first-order valence-electron chi connectivity index (χ1n) is 5.60. The average Bonchev–Trinajstić information content (AvgIpc) is 2.44. The SMILES string of the molecule is CC1(C)CC(O)(C2(N)CCSCC2)CO1. The van der Waals surface area contributed by atoms with Crippen LogP contribution in [0.2, 0.25) is 0 Å². The van der Waals surface area contributed by atoms with E-state index in [0.717, 1.165) is 24.3 Å². The highest BCUT2D eigenvalue weighted by molar-refractivity contribution is 7.99. The molecule has 0 radical (unpaired) electrons. The third-order valence-electron chi connectivity index (χ3n) is 3.73. The van der Waals surface area contributed by atoms with Crippen molar-refractivity contribution >= 4 is 11.8 Å². The molecule has 2 heterocycles. The lowest BCUT2D eigenvalue weighted by molar-refractivity contribution is -0.0472. The summed E-state index contributed by atoms with van der Waals surface area (Å²) in [6.07, 6.45) is 2.45. The summed E-state index contributed by atoms with van der Waals surface area (Å²) >= 11 is 1.92. The topological polar surface area (TPSA) is 55.5 Å². The molecule has 0 aromatic carbocycles. The number of ether oxygens (including phenoxy) is 1. The molecule has 0 aliphatic carbocycles. The van der Waals surface area contributed by atoms with Crippen LogP contribution >= 0.6 is 11.8 Å². The van der Waals surface area contributed by atoms with Crippen LogP contribution in [-0.4, -0.2) is 40.0 Å². The molecule has 2 fully saturated rings.